The van der Waals surface area contributed by atoms with E-state index < -0.39 is 0 Å². The SMILES string of the molecule is CC1(C)c2ccccc2-c2c1c1ccccc1c1c(-c3ccc4c5cccc6c7ccccc7n(c4c3)c65)cccc21.c1ccc(-c2ccc3c(c2)c2cc(-c4ccc5c(c4)sc4c6ccccc6c6ccccc6c54)cc4c5ccccc5n3c42)cc1.c1ccc2c(c1)-c1ccccc1C21c2ccccc2-c2ccc3ccc(-c4ccc5c6c7ccccc7cc7c8ccccc8n(c5c4)c76)cc3c21. The highest BCUT2D eigenvalue weighted by Gasteiger charge is 2.52. The van der Waals surface area contributed by atoms with Crippen molar-refractivity contribution in [3.05, 3.63) is 488 Å². The molecule has 0 atom stereocenters. The van der Waals surface area contributed by atoms with Gasteiger partial charge in [0.2, 0.25) is 0 Å². The van der Waals surface area contributed by atoms with E-state index in [1.54, 1.807) is 0 Å². The maximum absolute atomic E-state index is 2.52. The quantitative estimate of drug-likeness (QED) is 0.156. The maximum atomic E-state index is 2.52. The molecule has 1 spiro atoms. The Morgan fingerprint density at radius 1 is 0.186 bits per heavy atom. The van der Waals surface area contributed by atoms with Crippen LogP contribution >= 0.6 is 11.3 Å². The lowest BCUT2D eigenvalue weighted by atomic mass is 9.69. The topological polar surface area (TPSA) is 13.2 Å². The summed E-state index contributed by atoms with van der Waals surface area (Å²) in [4.78, 5) is 0. The van der Waals surface area contributed by atoms with Crippen LogP contribution in [0.5, 0.6) is 0 Å². The molecule has 140 heavy (non-hydrogen) atoms. The molecule has 0 radical (unpaired) electrons. The summed E-state index contributed by atoms with van der Waals surface area (Å²) in [5.74, 6) is 0. The highest BCUT2D eigenvalue weighted by Crippen LogP contribution is 2.65. The number of hydrogen-bond acceptors (Lipinski definition) is 1. The second-order valence-corrected chi connectivity index (χ2v) is 40.8. The first kappa shape index (κ1) is 76.7. The average molecular weight is 1790 g/mol. The summed E-state index contributed by atoms with van der Waals surface area (Å²) in [5.41, 5.74) is 37.7. The van der Waals surface area contributed by atoms with Crippen LogP contribution in [0.4, 0.5) is 0 Å². The molecule has 646 valence electrons. The maximum Gasteiger partial charge on any atom is 0.0731 e. The van der Waals surface area contributed by atoms with Crippen molar-refractivity contribution in [3.63, 3.8) is 0 Å². The van der Waals surface area contributed by atoms with Gasteiger partial charge in [-0.1, -0.05) is 396 Å². The van der Waals surface area contributed by atoms with Crippen LogP contribution in [-0.4, -0.2) is 13.2 Å². The van der Waals surface area contributed by atoms with E-state index in [0.29, 0.717) is 0 Å². The normalized spacial score (nSPS) is 13.5. The molecule has 3 aliphatic rings. The van der Waals surface area contributed by atoms with Gasteiger partial charge >= 0.3 is 0 Å². The Morgan fingerprint density at radius 3 is 1.31 bits per heavy atom. The van der Waals surface area contributed by atoms with Crippen LogP contribution in [0.1, 0.15) is 47.2 Å². The summed E-state index contributed by atoms with van der Waals surface area (Å²) in [7, 11) is 0. The number of aromatic nitrogens is 3. The van der Waals surface area contributed by atoms with E-state index in [1.807, 2.05) is 11.3 Å². The van der Waals surface area contributed by atoms with Gasteiger partial charge in [-0.25, -0.2) is 0 Å². The van der Waals surface area contributed by atoms with E-state index in [1.165, 1.54) is 310 Å². The molecule has 24 aromatic carbocycles. The third-order valence-electron chi connectivity index (χ3n) is 32.7. The van der Waals surface area contributed by atoms with Crippen molar-refractivity contribution in [1.82, 2.24) is 13.2 Å². The van der Waals surface area contributed by atoms with Gasteiger partial charge in [0, 0.05) is 95.6 Å². The van der Waals surface area contributed by atoms with Crippen molar-refractivity contribution >= 4 is 210 Å². The van der Waals surface area contributed by atoms with Gasteiger partial charge in [0.25, 0.3) is 0 Å². The molecule has 4 heteroatoms. The summed E-state index contributed by atoms with van der Waals surface area (Å²) < 4.78 is 10.2. The van der Waals surface area contributed by atoms with E-state index in [0.717, 1.165) is 0 Å². The van der Waals surface area contributed by atoms with Crippen LogP contribution in [0.2, 0.25) is 0 Å². The van der Waals surface area contributed by atoms with E-state index in [-0.39, 0.29) is 10.8 Å². The van der Waals surface area contributed by atoms with Gasteiger partial charge in [0.05, 0.1) is 55.1 Å². The first-order valence-electron chi connectivity index (χ1n) is 49.0. The minimum atomic E-state index is -0.381. The van der Waals surface area contributed by atoms with Crippen LogP contribution < -0.4 is 0 Å². The highest BCUT2D eigenvalue weighted by molar-refractivity contribution is 7.27. The smallest absolute Gasteiger partial charge is 0.0731 e. The van der Waals surface area contributed by atoms with Crippen LogP contribution in [0.25, 0.3) is 277 Å². The second-order valence-electron chi connectivity index (χ2n) is 39.7. The van der Waals surface area contributed by atoms with E-state index in [2.05, 4.69) is 482 Å². The van der Waals surface area contributed by atoms with Crippen LogP contribution in [-0.2, 0) is 10.8 Å². The van der Waals surface area contributed by atoms with Gasteiger partial charge in [-0.05, 0) is 243 Å². The van der Waals surface area contributed by atoms with Gasteiger partial charge in [0.1, 0.15) is 0 Å². The monoisotopic (exact) mass is 1790 g/mol. The first-order chi connectivity index (χ1) is 69.2. The molecule has 7 aromatic heterocycles. The highest BCUT2D eigenvalue weighted by atomic mass is 32.1. The fourth-order valence-electron chi connectivity index (χ4n) is 27.0. The number of benzene rings is 24. The zero-order valence-electron chi connectivity index (χ0n) is 76.6. The molecular weight excluding hydrogens is 1710 g/mol. The van der Waals surface area contributed by atoms with Crippen molar-refractivity contribution in [3.8, 4) is 77.9 Å². The third kappa shape index (κ3) is 10.1. The molecule has 0 fully saturated rings. The summed E-state index contributed by atoms with van der Waals surface area (Å²) in [6.45, 7) is 4.78. The minimum Gasteiger partial charge on any atom is -0.308 e. The predicted octanol–water partition coefficient (Wildman–Crippen LogP) is 37.1. The molecule has 0 saturated carbocycles. The van der Waals surface area contributed by atoms with E-state index in [9.17, 15) is 0 Å². The Balaban J connectivity index is 0.0000000955. The fraction of sp³-hybridized carbons (Fsp3) is 0.0294. The minimum absolute atomic E-state index is 0.0596. The Bertz CT molecular complexity index is 10900. The second kappa shape index (κ2) is 28.1. The van der Waals surface area contributed by atoms with Gasteiger partial charge in [0.15, 0.2) is 0 Å². The van der Waals surface area contributed by atoms with Gasteiger partial charge in [-0.2, -0.15) is 0 Å². The number of hydrogen-bond donors (Lipinski definition) is 0. The fourth-order valence-corrected chi connectivity index (χ4v) is 28.3. The standard InChI is InChI=1S/C51H29N.C44H25NS.C41H27N/c1-2-12-34-33(11-1)28-42-38-16-6-10-20-46(38)52-47-29-32(24-26-40(47)48(34)50(42)52)31-22-21-30-23-25-39-37-15-5-9-19-45(37)51(49(39)41(30)27-31)43-17-7-3-13-35(43)36-14-4-8-18-44(36)51;1-2-10-26(11-3-1)27-19-21-40-36(22-27)38-24-29(23-37-32-14-8-9-17-39(32)45(40)43(37)38)28-18-20-35-41(25-28)46-44-34-16-7-5-13-31(34)30-12-4-6-15-33(30)42(35)44;1-41(2)34-19-7-5-14-32(34)38-33-18-9-15-25(37(33)28-12-3-4-13-29(28)39(38)41)24-21-22-27-31-17-10-16-30-26-11-6-8-20-35(26)42(40(30)31)36(27)23-24/h1-29H;1-25H;3-23H,1-2H3. The lowest BCUT2D eigenvalue weighted by molar-refractivity contribution is 0.666. The molecule has 34 rings (SSSR count). The van der Waals surface area contributed by atoms with Crippen molar-refractivity contribution in [2.45, 2.75) is 24.7 Å². The van der Waals surface area contributed by atoms with Crippen molar-refractivity contribution < 1.29 is 0 Å². The summed E-state index contributed by atoms with van der Waals surface area (Å²) >= 11 is 1.93. The summed E-state index contributed by atoms with van der Waals surface area (Å²) in [6.07, 6.45) is 0. The van der Waals surface area contributed by atoms with Crippen molar-refractivity contribution in [2.24, 2.45) is 0 Å². The number of rotatable bonds is 4. The van der Waals surface area contributed by atoms with Gasteiger partial charge in [-0.15, -0.1) is 11.3 Å². The van der Waals surface area contributed by atoms with Gasteiger partial charge < -0.3 is 13.2 Å². The molecule has 0 bridgehead atoms. The number of thiophene rings is 1. The molecule has 3 nitrogen and oxygen atoms in total. The Kier molecular flexibility index (Phi) is 15.4. The number of fused-ring (bicyclic) bond motifs is 48. The third-order valence-corrected chi connectivity index (χ3v) is 33.8. The van der Waals surface area contributed by atoms with E-state index >= 15 is 0 Å². The number of para-hydroxylation sites is 4. The molecule has 0 unspecified atom stereocenters. The molecular formula is C136H81N3S. The van der Waals surface area contributed by atoms with Gasteiger partial charge in [-0.3, -0.25) is 0 Å². The van der Waals surface area contributed by atoms with Crippen LogP contribution in [0, 0.1) is 0 Å². The van der Waals surface area contributed by atoms with E-state index in [4.69, 9.17) is 0 Å². The largest absolute Gasteiger partial charge is 0.308 e. The summed E-state index contributed by atoms with van der Waals surface area (Å²) in [6, 6.07) is 170. The van der Waals surface area contributed by atoms with Crippen molar-refractivity contribution in [2.75, 3.05) is 0 Å². The Hall–Kier alpha value is -17.5. The molecule has 0 aliphatic heterocycles. The average Bonchev–Trinajstić information content (AvgIpc) is 1.50. The molecule has 0 N–H and O–H groups in total. The molecule has 0 saturated heterocycles. The predicted molar refractivity (Wildman–Crippen MR) is 597 cm³/mol. The molecule has 31 aromatic rings. The van der Waals surface area contributed by atoms with Crippen molar-refractivity contribution in [1.29, 1.82) is 0 Å². The number of nitrogens with zero attached hydrogens (tertiary/aromatic N) is 3. The molecule has 7 heterocycles. The molecule has 3 aliphatic carbocycles. The Labute approximate surface area is 808 Å². The zero-order valence-corrected chi connectivity index (χ0v) is 77.4. The molecule has 0 amide bonds. The zero-order chi connectivity index (χ0) is 91.4. The summed E-state index contributed by atoms with van der Waals surface area (Å²) in [5, 5.41) is 34.4. The lowest BCUT2D eigenvalue weighted by Crippen LogP contribution is -2.26. The van der Waals surface area contributed by atoms with Crippen LogP contribution in [0.3, 0.4) is 0 Å². The van der Waals surface area contributed by atoms with Crippen LogP contribution in [0.15, 0.2) is 455 Å². The Morgan fingerprint density at radius 2 is 0.607 bits per heavy atom. The first-order valence-corrected chi connectivity index (χ1v) is 49.8. The lowest BCUT2D eigenvalue weighted by Gasteiger charge is -2.31.